The molecule has 12 heteroatoms. The second-order valence-corrected chi connectivity index (χ2v) is 8.77. The Morgan fingerprint density at radius 1 is 0.921 bits per heavy atom. The Balaban J connectivity index is 1.60. The lowest BCUT2D eigenvalue weighted by atomic mass is 10.1. The molecule has 0 amide bonds. The summed E-state index contributed by atoms with van der Waals surface area (Å²) >= 11 is 0. The number of nitrogens with zero attached hydrogens (tertiary/aromatic N) is 6. The number of fused-ring (bicyclic) bond motifs is 1. The molecule has 9 nitrogen and oxygen atoms in total. The van der Waals surface area contributed by atoms with Gasteiger partial charge in [-0.1, -0.05) is 44.2 Å². The third-order valence-corrected chi connectivity index (χ3v) is 6.06. The molecule has 0 atom stereocenters. The molecule has 0 aliphatic heterocycles. The largest absolute Gasteiger partial charge is 0.435 e. The number of alkyl halides is 3. The molecule has 0 bridgehead atoms. The fourth-order valence-electron chi connectivity index (χ4n) is 4.31. The number of halogens is 3. The summed E-state index contributed by atoms with van der Waals surface area (Å²) in [5.41, 5.74) is -0.155. The van der Waals surface area contributed by atoms with Crippen LogP contribution < -0.4 is 11.2 Å². The highest BCUT2D eigenvalue weighted by molar-refractivity contribution is 5.75. The molecule has 5 aromatic rings. The van der Waals surface area contributed by atoms with Crippen molar-refractivity contribution < 1.29 is 13.2 Å². The van der Waals surface area contributed by atoms with Crippen LogP contribution in [-0.4, -0.2) is 33.9 Å². The number of benzene rings is 1. The van der Waals surface area contributed by atoms with Gasteiger partial charge in [0.2, 0.25) is 0 Å². The number of imidazole rings is 1. The van der Waals surface area contributed by atoms with Gasteiger partial charge in [-0.15, -0.1) is 0 Å². The quantitative estimate of drug-likeness (QED) is 0.335. The normalized spacial score (nSPS) is 11.9. The fourth-order valence-corrected chi connectivity index (χ4v) is 4.31. The van der Waals surface area contributed by atoms with Crippen LogP contribution in [0.1, 0.15) is 32.4 Å². The summed E-state index contributed by atoms with van der Waals surface area (Å²) < 4.78 is 44.2. The second-order valence-electron chi connectivity index (χ2n) is 8.77. The topological polar surface area (TPSA) is 103 Å². The van der Waals surface area contributed by atoms with Gasteiger partial charge in [-0.3, -0.25) is 13.9 Å². The smallest absolute Gasteiger partial charge is 0.332 e. The number of aromatic nitrogens is 7. The Labute approximate surface area is 214 Å². The highest BCUT2D eigenvalue weighted by Crippen LogP contribution is 2.33. The van der Waals surface area contributed by atoms with Crippen molar-refractivity contribution in [2.75, 3.05) is 0 Å². The van der Waals surface area contributed by atoms with E-state index in [1.54, 1.807) is 36.4 Å². The SMILES string of the molecule is CCCn1c(=O)c2[nH]c(-c3ccc(-n4nc(C(F)(F)F)cc4-c4ccccc4)nc3)nc2n(CCC)c1=O. The standard InChI is InChI=1S/C26H24F3N7O2/c1-3-12-34-23-21(24(37)35(13-4-2)25(34)38)31-22(32-23)17-10-11-20(30-15-17)36-18(16-8-6-5-7-9-16)14-19(33-36)26(27,28)29/h5-11,14-15H,3-4,12-13H2,1-2H3,(H,31,32). The van der Waals surface area contributed by atoms with E-state index in [-0.39, 0.29) is 29.2 Å². The molecule has 1 N–H and O–H groups in total. The van der Waals surface area contributed by atoms with E-state index in [0.717, 1.165) is 10.7 Å². The maximum absolute atomic E-state index is 13.5. The van der Waals surface area contributed by atoms with E-state index in [2.05, 4.69) is 20.1 Å². The molecule has 0 radical (unpaired) electrons. The molecule has 0 saturated heterocycles. The first-order valence-electron chi connectivity index (χ1n) is 12.2. The van der Waals surface area contributed by atoms with Gasteiger partial charge < -0.3 is 4.98 Å². The van der Waals surface area contributed by atoms with Gasteiger partial charge >= 0.3 is 11.9 Å². The number of nitrogens with one attached hydrogen (secondary N) is 1. The zero-order valence-corrected chi connectivity index (χ0v) is 20.7. The summed E-state index contributed by atoms with van der Waals surface area (Å²) in [5, 5.41) is 3.77. The molecule has 5 rings (SSSR count). The van der Waals surface area contributed by atoms with Crippen LogP contribution >= 0.6 is 0 Å². The van der Waals surface area contributed by atoms with Gasteiger partial charge in [-0.25, -0.2) is 19.4 Å². The van der Waals surface area contributed by atoms with Gasteiger partial charge in [0, 0.05) is 30.4 Å². The molecule has 0 unspecified atom stereocenters. The molecule has 0 aliphatic carbocycles. The summed E-state index contributed by atoms with van der Waals surface area (Å²) in [6.45, 7) is 4.48. The maximum atomic E-state index is 13.5. The molecular formula is C26H24F3N7O2. The molecular weight excluding hydrogens is 499 g/mol. The summed E-state index contributed by atoms with van der Waals surface area (Å²) in [6, 6.07) is 12.7. The first kappa shape index (κ1) is 25.2. The molecule has 4 heterocycles. The van der Waals surface area contributed by atoms with E-state index in [1.165, 1.54) is 21.4 Å². The average Bonchev–Trinajstić information content (AvgIpc) is 3.56. The van der Waals surface area contributed by atoms with E-state index in [4.69, 9.17) is 0 Å². The fraction of sp³-hybridized carbons (Fsp3) is 0.269. The Bertz CT molecular complexity index is 1710. The van der Waals surface area contributed by atoms with E-state index >= 15 is 0 Å². The molecule has 1 aromatic carbocycles. The highest BCUT2D eigenvalue weighted by atomic mass is 19.4. The third-order valence-electron chi connectivity index (χ3n) is 6.06. The first-order chi connectivity index (χ1) is 18.2. The summed E-state index contributed by atoms with van der Waals surface area (Å²) in [4.78, 5) is 37.8. The minimum atomic E-state index is -4.62. The van der Waals surface area contributed by atoms with E-state index < -0.39 is 23.1 Å². The predicted octanol–water partition coefficient (Wildman–Crippen LogP) is 4.64. The third kappa shape index (κ3) is 4.42. The summed E-state index contributed by atoms with van der Waals surface area (Å²) in [5.74, 6) is 0.488. The molecule has 0 aliphatic rings. The molecule has 0 spiro atoms. The van der Waals surface area contributed by atoms with E-state index in [0.29, 0.717) is 36.3 Å². The number of rotatable bonds is 7. The summed E-state index contributed by atoms with van der Waals surface area (Å²) in [7, 11) is 0. The van der Waals surface area contributed by atoms with Gasteiger partial charge in [-0.2, -0.15) is 18.3 Å². The lowest BCUT2D eigenvalue weighted by Gasteiger charge is -2.09. The molecule has 38 heavy (non-hydrogen) atoms. The first-order valence-corrected chi connectivity index (χ1v) is 12.2. The number of pyridine rings is 1. The Kier molecular flexibility index (Phi) is 6.47. The van der Waals surface area contributed by atoms with Crippen molar-refractivity contribution in [1.82, 2.24) is 33.9 Å². The van der Waals surface area contributed by atoms with Gasteiger partial charge in [0.25, 0.3) is 5.56 Å². The van der Waals surface area contributed by atoms with Crippen molar-refractivity contribution in [3.63, 3.8) is 0 Å². The van der Waals surface area contributed by atoms with Crippen molar-refractivity contribution in [2.24, 2.45) is 0 Å². The molecule has 196 valence electrons. The van der Waals surface area contributed by atoms with Crippen LogP contribution in [-0.2, 0) is 19.3 Å². The lowest BCUT2D eigenvalue weighted by Crippen LogP contribution is -2.40. The van der Waals surface area contributed by atoms with Gasteiger partial charge in [0.1, 0.15) is 11.3 Å². The van der Waals surface area contributed by atoms with Crippen molar-refractivity contribution in [2.45, 2.75) is 46.0 Å². The van der Waals surface area contributed by atoms with Crippen LogP contribution in [0.3, 0.4) is 0 Å². The van der Waals surface area contributed by atoms with Gasteiger partial charge in [0.15, 0.2) is 17.2 Å². The van der Waals surface area contributed by atoms with Gasteiger partial charge in [-0.05, 0) is 31.0 Å². The van der Waals surface area contributed by atoms with Crippen molar-refractivity contribution in [1.29, 1.82) is 0 Å². The number of aromatic amines is 1. The van der Waals surface area contributed by atoms with E-state index in [9.17, 15) is 22.8 Å². The number of hydrogen-bond donors (Lipinski definition) is 1. The monoisotopic (exact) mass is 523 g/mol. The number of hydrogen-bond acceptors (Lipinski definition) is 5. The van der Waals surface area contributed by atoms with Crippen LogP contribution in [0, 0.1) is 0 Å². The van der Waals surface area contributed by atoms with Crippen LogP contribution in [0.25, 0.3) is 39.6 Å². The van der Waals surface area contributed by atoms with E-state index in [1.807, 2.05) is 13.8 Å². The zero-order chi connectivity index (χ0) is 27.0. The van der Waals surface area contributed by atoms with Crippen molar-refractivity contribution in [3.8, 4) is 28.5 Å². The second kappa shape index (κ2) is 9.77. The minimum absolute atomic E-state index is 0.174. The van der Waals surface area contributed by atoms with Crippen molar-refractivity contribution in [3.05, 3.63) is 81.3 Å². The van der Waals surface area contributed by atoms with Crippen molar-refractivity contribution >= 4 is 11.2 Å². The van der Waals surface area contributed by atoms with Gasteiger partial charge in [0.05, 0.1) is 5.69 Å². The maximum Gasteiger partial charge on any atom is 0.435 e. The van der Waals surface area contributed by atoms with Crippen LogP contribution in [0.5, 0.6) is 0 Å². The lowest BCUT2D eigenvalue weighted by molar-refractivity contribution is -0.141. The Morgan fingerprint density at radius 3 is 2.26 bits per heavy atom. The average molecular weight is 524 g/mol. The summed E-state index contributed by atoms with van der Waals surface area (Å²) in [6.07, 6.45) is -1.90. The number of aryl methyl sites for hydroxylation is 1. The Hall–Kier alpha value is -4.48. The molecule has 0 fully saturated rings. The minimum Gasteiger partial charge on any atom is -0.332 e. The predicted molar refractivity (Wildman–Crippen MR) is 136 cm³/mol. The van der Waals surface area contributed by atoms with Crippen LogP contribution in [0.2, 0.25) is 0 Å². The highest BCUT2D eigenvalue weighted by Gasteiger charge is 2.35. The van der Waals surface area contributed by atoms with Crippen LogP contribution in [0.4, 0.5) is 13.2 Å². The molecule has 4 aromatic heterocycles. The zero-order valence-electron chi connectivity index (χ0n) is 20.7. The number of H-pyrrole nitrogens is 1. The molecule has 0 saturated carbocycles. The Morgan fingerprint density at radius 2 is 1.63 bits per heavy atom. The van der Waals surface area contributed by atoms with Crippen LogP contribution in [0.15, 0.2) is 64.3 Å².